The van der Waals surface area contributed by atoms with Gasteiger partial charge in [0.15, 0.2) is 0 Å². The van der Waals surface area contributed by atoms with Gasteiger partial charge in [-0.15, -0.1) is 0 Å². The zero-order valence-electron chi connectivity index (χ0n) is 10.2. The Morgan fingerprint density at radius 3 is 2.41 bits per heavy atom. The van der Waals surface area contributed by atoms with Crippen LogP contribution in [0, 0.1) is 0 Å². The molecule has 3 amide bonds. The first-order valence-corrected chi connectivity index (χ1v) is 6.55. The van der Waals surface area contributed by atoms with Gasteiger partial charge < -0.3 is 10.0 Å². The van der Waals surface area contributed by atoms with E-state index < -0.39 is 17.9 Å². The van der Waals surface area contributed by atoms with Crippen LogP contribution in [0.25, 0.3) is 0 Å². The highest BCUT2D eigenvalue weighted by atomic mass is 32.2. The number of carboxylic acid groups (broad SMARTS) is 1. The number of carbonyl (C=O) groups excluding carboxylic acids is 2. The molecule has 0 fully saturated rings. The summed E-state index contributed by atoms with van der Waals surface area (Å²) in [5.41, 5.74) is 0. The quantitative estimate of drug-likeness (QED) is 0.738. The van der Waals surface area contributed by atoms with Crippen molar-refractivity contribution in [3.63, 3.8) is 0 Å². The lowest BCUT2D eigenvalue weighted by atomic mass is 10.3. The normalized spacial score (nSPS) is 11.7. The second kappa shape index (κ2) is 7.94. The summed E-state index contributed by atoms with van der Waals surface area (Å²) in [4.78, 5) is 34.4. The molecule has 98 valence electrons. The molecule has 7 heteroatoms. The van der Waals surface area contributed by atoms with E-state index in [1.54, 1.807) is 18.8 Å². The first-order chi connectivity index (χ1) is 7.88. The van der Waals surface area contributed by atoms with Gasteiger partial charge in [0.05, 0.1) is 6.42 Å². The van der Waals surface area contributed by atoms with E-state index >= 15 is 0 Å². The fraction of sp³-hybridized carbons (Fsp3) is 0.700. The molecule has 6 nitrogen and oxygen atoms in total. The molecule has 0 bridgehead atoms. The Hall–Kier alpha value is -1.24. The molecule has 0 aromatic rings. The third-order valence-corrected chi connectivity index (χ3v) is 3.02. The summed E-state index contributed by atoms with van der Waals surface area (Å²) in [6.45, 7) is 1.87. The van der Waals surface area contributed by atoms with Gasteiger partial charge in [0, 0.05) is 25.3 Å². The van der Waals surface area contributed by atoms with Crippen LogP contribution in [0.1, 0.15) is 19.8 Å². The SMILES string of the molecule is CSCC(C)N(C)C(=O)NC(=O)CCC(=O)O. The number of urea groups is 1. The van der Waals surface area contributed by atoms with Crippen molar-refractivity contribution < 1.29 is 19.5 Å². The number of hydrogen-bond acceptors (Lipinski definition) is 4. The first-order valence-electron chi connectivity index (χ1n) is 5.15. The van der Waals surface area contributed by atoms with E-state index in [1.165, 1.54) is 4.90 Å². The summed E-state index contributed by atoms with van der Waals surface area (Å²) in [6, 6.07) is -0.487. The molecule has 2 N–H and O–H groups in total. The van der Waals surface area contributed by atoms with Gasteiger partial charge in [0.25, 0.3) is 0 Å². The molecule has 0 aromatic carbocycles. The van der Waals surface area contributed by atoms with Gasteiger partial charge in [0.1, 0.15) is 0 Å². The van der Waals surface area contributed by atoms with Crippen LogP contribution in [0.2, 0.25) is 0 Å². The van der Waals surface area contributed by atoms with E-state index in [9.17, 15) is 14.4 Å². The van der Waals surface area contributed by atoms with Crippen LogP contribution in [-0.4, -0.2) is 53.0 Å². The van der Waals surface area contributed by atoms with Gasteiger partial charge in [-0.3, -0.25) is 14.9 Å². The number of thioether (sulfide) groups is 1. The summed E-state index contributed by atoms with van der Waals surface area (Å²) in [6.07, 6.45) is 1.47. The highest BCUT2D eigenvalue weighted by Crippen LogP contribution is 2.03. The Morgan fingerprint density at radius 1 is 1.35 bits per heavy atom. The number of carboxylic acids is 1. The average molecular weight is 262 g/mol. The molecule has 0 aromatic heterocycles. The maximum Gasteiger partial charge on any atom is 0.324 e. The molecule has 0 saturated carbocycles. The standard InChI is InChI=1S/C10H18N2O4S/c1-7(6-17-3)12(2)10(16)11-8(13)4-5-9(14)15/h7H,4-6H2,1-3H3,(H,14,15)(H,11,13,16). The predicted molar refractivity (Wildman–Crippen MR) is 66.0 cm³/mol. The molecule has 1 atom stereocenters. The summed E-state index contributed by atoms with van der Waals surface area (Å²) >= 11 is 1.60. The Kier molecular flexibility index (Phi) is 7.36. The van der Waals surface area contributed by atoms with Crippen LogP contribution in [0.3, 0.4) is 0 Å². The van der Waals surface area contributed by atoms with Crippen molar-refractivity contribution in [2.75, 3.05) is 19.1 Å². The van der Waals surface area contributed by atoms with E-state index in [0.717, 1.165) is 5.75 Å². The highest BCUT2D eigenvalue weighted by molar-refractivity contribution is 7.98. The third kappa shape index (κ3) is 6.83. The molecular formula is C10H18N2O4S. The Morgan fingerprint density at radius 2 is 1.94 bits per heavy atom. The fourth-order valence-corrected chi connectivity index (χ4v) is 1.75. The number of amides is 3. The van der Waals surface area contributed by atoms with Gasteiger partial charge in [-0.1, -0.05) is 0 Å². The molecule has 0 aliphatic heterocycles. The number of carbonyl (C=O) groups is 3. The lowest BCUT2D eigenvalue weighted by Gasteiger charge is -2.24. The second-order valence-electron chi connectivity index (χ2n) is 3.66. The minimum Gasteiger partial charge on any atom is -0.481 e. The first kappa shape index (κ1) is 15.8. The topological polar surface area (TPSA) is 86.7 Å². The molecule has 0 heterocycles. The number of hydrogen-bond donors (Lipinski definition) is 2. The van der Waals surface area contributed by atoms with Crippen molar-refractivity contribution in [2.24, 2.45) is 0 Å². The molecule has 0 spiro atoms. The summed E-state index contributed by atoms with van der Waals surface area (Å²) in [5.74, 6) is -0.856. The molecule has 0 radical (unpaired) electrons. The number of aliphatic carboxylic acids is 1. The molecule has 0 rings (SSSR count). The minimum atomic E-state index is -1.06. The zero-order chi connectivity index (χ0) is 13.4. The summed E-state index contributed by atoms with van der Waals surface area (Å²) in [5, 5.41) is 10.5. The highest BCUT2D eigenvalue weighted by Gasteiger charge is 2.17. The van der Waals surface area contributed by atoms with Gasteiger partial charge in [-0.25, -0.2) is 4.79 Å². The predicted octanol–water partition coefficient (Wildman–Crippen LogP) is 0.771. The third-order valence-electron chi connectivity index (χ3n) is 2.20. The molecule has 0 aliphatic rings. The van der Waals surface area contributed by atoms with E-state index in [1.807, 2.05) is 13.2 Å². The molecule has 0 aliphatic carbocycles. The van der Waals surface area contributed by atoms with Crippen molar-refractivity contribution in [1.82, 2.24) is 10.2 Å². The Balaban J connectivity index is 4.06. The van der Waals surface area contributed by atoms with Gasteiger partial charge in [-0.2, -0.15) is 11.8 Å². The van der Waals surface area contributed by atoms with Crippen molar-refractivity contribution in [2.45, 2.75) is 25.8 Å². The molecule has 1 unspecified atom stereocenters. The summed E-state index contributed by atoms with van der Waals surface area (Å²) < 4.78 is 0. The van der Waals surface area contributed by atoms with Crippen molar-refractivity contribution in [1.29, 1.82) is 0 Å². The number of nitrogens with one attached hydrogen (secondary N) is 1. The van der Waals surface area contributed by atoms with E-state index in [2.05, 4.69) is 5.32 Å². The van der Waals surface area contributed by atoms with E-state index in [0.29, 0.717) is 0 Å². The van der Waals surface area contributed by atoms with Gasteiger partial charge in [0.2, 0.25) is 5.91 Å². The van der Waals surface area contributed by atoms with Crippen LogP contribution < -0.4 is 5.32 Å². The molecule has 17 heavy (non-hydrogen) atoms. The maximum atomic E-state index is 11.6. The van der Waals surface area contributed by atoms with Crippen molar-refractivity contribution in [3.8, 4) is 0 Å². The Bertz CT molecular complexity index is 296. The molecule has 0 saturated heterocycles. The Labute approximate surface area is 105 Å². The smallest absolute Gasteiger partial charge is 0.324 e. The fourth-order valence-electron chi connectivity index (χ4n) is 1.04. The van der Waals surface area contributed by atoms with Crippen LogP contribution in [0.4, 0.5) is 4.79 Å². The lowest BCUT2D eigenvalue weighted by Crippen LogP contribution is -2.45. The number of imide groups is 1. The van der Waals surface area contributed by atoms with E-state index in [-0.39, 0.29) is 18.9 Å². The van der Waals surface area contributed by atoms with Crippen LogP contribution in [0.15, 0.2) is 0 Å². The number of nitrogens with zero attached hydrogens (tertiary/aromatic N) is 1. The van der Waals surface area contributed by atoms with E-state index in [4.69, 9.17) is 5.11 Å². The largest absolute Gasteiger partial charge is 0.481 e. The minimum absolute atomic E-state index is 0.0114. The molecular weight excluding hydrogens is 244 g/mol. The van der Waals surface area contributed by atoms with Crippen LogP contribution in [-0.2, 0) is 9.59 Å². The maximum absolute atomic E-state index is 11.6. The van der Waals surface area contributed by atoms with Crippen molar-refractivity contribution >= 4 is 29.7 Å². The van der Waals surface area contributed by atoms with Crippen LogP contribution in [0.5, 0.6) is 0 Å². The number of rotatable bonds is 6. The zero-order valence-corrected chi connectivity index (χ0v) is 11.0. The second-order valence-corrected chi connectivity index (χ2v) is 4.57. The van der Waals surface area contributed by atoms with Crippen LogP contribution >= 0.6 is 11.8 Å². The van der Waals surface area contributed by atoms with Gasteiger partial charge >= 0.3 is 12.0 Å². The average Bonchev–Trinajstić information content (AvgIpc) is 2.25. The lowest BCUT2D eigenvalue weighted by molar-refractivity contribution is -0.138. The summed E-state index contributed by atoms with van der Waals surface area (Å²) in [7, 11) is 1.60. The monoisotopic (exact) mass is 262 g/mol. The van der Waals surface area contributed by atoms with Gasteiger partial charge in [-0.05, 0) is 13.2 Å². The van der Waals surface area contributed by atoms with Crippen molar-refractivity contribution in [3.05, 3.63) is 0 Å².